The summed E-state index contributed by atoms with van der Waals surface area (Å²) in [4.78, 5) is 6.99. The first-order chi connectivity index (χ1) is 9.78. The highest BCUT2D eigenvalue weighted by atomic mass is 15.2. The minimum absolute atomic E-state index is 0.600. The highest BCUT2D eigenvalue weighted by Crippen LogP contribution is 2.33. The molecule has 1 heterocycles. The van der Waals surface area contributed by atoms with Gasteiger partial charge in [0.05, 0.1) is 12.2 Å². The van der Waals surface area contributed by atoms with Gasteiger partial charge in [-0.2, -0.15) is 0 Å². The number of hydrogen-bond acceptors (Lipinski definition) is 3. The van der Waals surface area contributed by atoms with Crippen LogP contribution in [0, 0.1) is 6.92 Å². The van der Waals surface area contributed by atoms with Crippen LogP contribution in [0.3, 0.4) is 0 Å². The average molecular weight is 267 g/mol. The van der Waals surface area contributed by atoms with Gasteiger partial charge in [0.25, 0.3) is 0 Å². The van der Waals surface area contributed by atoms with Crippen molar-refractivity contribution in [2.24, 2.45) is 5.73 Å². The van der Waals surface area contributed by atoms with Gasteiger partial charge in [-0.25, -0.2) is 0 Å². The zero-order valence-corrected chi connectivity index (χ0v) is 11.9. The Bertz CT molecular complexity index is 573. The Morgan fingerprint density at radius 1 is 1.20 bits per heavy atom. The maximum Gasteiger partial charge on any atom is 0.0626 e. The van der Waals surface area contributed by atoms with Crippen molar-refractivity contribution in [3.05, 3.63) is 59.4 Å². The molecule has 3 heteroatoms. The molecule has 1 aromatic carbocycles. The summed E-state index contributed by atoms with van der Waals surface area (Å²) >= 11 is 0. The molecule has 0 radical (unpaired) electrons. The normalized spacial score (nSPS) is 14.3. The molecule has 0 amide bonds. The fourth-order valence-corrected chi connectivity index (χ4v) is 2.49. The third kappa shape index (κ3) is 2.83. The van der Waals surface area contributed by atoms with E-state index in [4.69, 9.17) is 5.73 Å². The molecule has 3 rings (SSSR count). The van der Waals surface area contributed by atoms with E-state index < -0.39 is 0 Å². The molecular formula is C17H21N3. The van der Waals surface area contributed by atoms with Crippen LogP contribution in [0.25, 0.3) is 0 Å². The monoisotopic (exact) mass is 267 g/mol. The Morgan fingerprint density at radius 3 is 2.55 bits per heavy atom. The number of aryl methyl sites for hydroxylation is 1. The molecule has 1 aliphatic rings. The number of nitrogens with two attached hydrogens (primary N) is 1. The molecule has 0 unspecified atom stereocenters. The molecule has 3 nitrogen and oxygen atoms in total. The fourth-order valence-electron chi connectivity index (χ4n) is 2.49. The van der Waals surface area contributed by atoms with E-state index in [1.807, 2.05) is 12.3 Å². The van der Waals surface area contributed by atoms with E-state index in [0.29, 0.717) is 12.6 Å². The molecule has 104 valence electrons. The number of aromatic nitrogens is 1. The highest BCUT2D eigenvalue weighted by molar-refractivity contribution is 5.50. The van der Waals surface area contributed by atoms with Crippen LogP contribution < -0.4 is 10.6 Å². The van der Waals surface area contributed by atoms with E-state index in [-0.39, 0.29) is 0 Å². The summed E-state index contributed by atoms with van der Waals surface area (Å²) in [7, 11) is 0. The van der Waals surface area contributed by atoms with Crippen LogP contribution in [0.4, 0.5) is 5.69 Å². The second kappa shape index (κ2) is 5.63. The van der Waals surface area contributed by atoms with Gasteiger partial charge in [-0.3, -0.25) is 4.98 Å². The first-order valence-electron chi connectivity index (χ1n) is 7.24. The van der Waals surface area contributed by atoms with E-state index in [1.165, 1.54) is 35.3 Å². The van der Waals surface area contributed by atoms with Crippen molar-refractivity contribution in [3.8, 4) is 0 Å². The number of benzene rings is 1. The molecule has 0 atom stereocenters. The van der Waals surface area contributed by atoms with Gasteiger partial charge in [0.1, 0.15) is 0 Å². The molecule has 1 fully saturated rings. The van der Waals surface area contributed by atoms with Gasteiger partial charge >= 0.3 is 0 Å². The number of rotatable bonds is 5. The molecule has 0 aliphatic heterocycles. The number of pyridine rings is 1. The Balaban J connectivity index is 1.83. The lowest BCUT2D eigenvalue weighted by Gasteiger charge is -2.25. The van der Waals surface area contributed by atoms with E-state index >= 15 is 0 Å². The van der Waals surface area contributed by atoms with Gasteiger partial charge in [-0.1, -0.05) is 18.2 Å². The Kier molecular flexibility index (Phi) is 3.70. The minimum Gasteiger partial charge on any atom is -0.363 e. The standard InChI is InChI=1S/C17H21N3/c1-13-3-2-10-19-17(13)12-20(16-8-9-16)15-6-4-14(11-18)5-7-15/h2-7,10,16H,8-9,11-12,18H2,1H3. The molecular weight excluding hydrogens is 246 g/mol. The van der Waals surface area contributed by atoms with Gasteiger partial charge in [-0.15, -0.1) is 0 Å². The predicted octanol–water partition coefficient (Wildman–Crippen LogP) is 3.02. The largest absolute Gasteiger partial charge is 0.363 e. The summed E-state index contributed by atoms with van der Waals surface area (Å²) in [6.45, 7) is 3.62. The summed E-state index contributed by atoms with van der Waals surface area (Å²) in [5.41, 5.74) is 10.5. The lowest BCUT2D eigenvalue weighted by atomic mass is 10.1. The van der Waals surface area contributed by atoms with Crippen molar-refractivity contribution in [2.45, 2.75) is 38.9 Å². The molecule has 0 spiro atoms. The molecule has 1 saturated carbocycles. The van der Waals surface area contributed by atoms with Crippen LogP contribution in [0.1, 0.15) is 29.7 Å². The zero-order valence-electron chi connectivity index (χ0n) is 11.9. The zero-order chi connectivity index (χ0) is 13.9. The van der Waals surface area contributed by atoms with Crippen LogP contribution in [0.15, 0.2) is 42.6 Å². The maximum absolute atomic E-state index is 5.67. The summed E-state index contributed by atoms with van der Waals surface area (Å²) < 4.78 is 0. The van der Waals surface area contributed by atoms with Crippen LogP contribution in [-0.2, 0) is 13.1 Å². The second-order valence-corrected chi connectivity index (χ2v) is 5.50. The van der Waals surface area contributed by atoms with Crippen LogP contribution >= 0.6 is 0 Å². The average Bonchev–Trinajstić information content (AvgIpc) is 3.31. The molecule has 0 bridgehead atoms. The second-order valence-electron chi connectivity index (χ2n) is 5.50. The molecule has 2 aromatic rings. The van der Waals surface area contributed by atoms with Gasteiger partial charge in [0.15, 0.2) is 0 Å². The Morgan fingerprint density at radius 2 is 1.95 bits per heavy atom. The molecule has 2 N–H and O–H groups in total. The maximum atomic E-state index is 5.67. The molecule has 1 aromatic heterocycles. The fraction of sp³-hybridized carbons (Fsp3) is 0.353. The Hall–Kier alpha value is -1.87. The van der Waals surface area contributed by atoms with Crippen molar-refractivity contribution in [2.75, 3.05) is 4.90 Å². The van der Waals surface area contributed by atoms with E-state index in [2.05, 4.69) is 47.1 Å². The number of hydrogen-bond donors (Lipinski definition) is 1. The van der Waals surface area contributed by atoms with Crippen molar-refractivity contribution in [3.63, 3.8) is 0 Å². The van der Waals surface area contributed by atoms with Gasteiger partial charge in [0.2, 0.25) is 0 Å². The van der Waals surface area contributed by atoms with Crippen LogP contribution in [0.5, 0.6) is 0 Å². The molecule has 1 aliphatic carbocycles. The van der Waals surface area contributed by atoms with E-state index in [1.54, 1.807) is 0 Å². The van der Waals surface area contributed by atoms with E-state index in [9.17, 15) is 0 Å². The third-order valence-corrected chi connectivity index (χ3v) is 3.93. The van der Waals surface area contributed by atoms with Crippen LogP contribution in [-0.4, -0.2) is 11.0 Å². The highest BCUT2D eigenvalue weighted by Gasteiger charge is 2.29. The summed E-state index contributed by atoms with van der Waals surface area (Å²) in [6, 6.07) is 13.4. The first-order valence-corrected chi connectivity index (χ1v) is 7.24. The van der Waals surface area contributed by atoms with Crippen molar-refractivity contribution in [1.82, 2.24) is 4.98 Å². The quantitative estimate of drug-likeness (QED) is 0.905. The topological polar surface area (TPSA) is 42.2 Å². The minimum atomic E-state index is 0.600. The van der Waals surface area contributed by atoms with Crippen molar-refractivity contribution >= 4 is 5.69 Å². The lowest BCUT2D eigenvalue weighted by molar-refractivity contribution is 0.771. The summed E-state index contributed by atoms with van der Waals surface area (Å²) in [5, 5.41) is 0. The van der Waals surface area contributed by atoms with Crippen molar-refractivity contribution < 1.29 is 0 Å². The SMILES string of the molecule is Cc1cccnc1CN(c1ccc(CN)cc1)C1CC1. The van der Waals surface area contributed by atoms with Crippen LogP contribution in [0.2, 0.25) is 0 Å². The predicted molar refractivity (Wildman–Crippen MR) is 82.5 cm³/mol. The molecule has 20 heavy (non-hydrogen) atoms. The van der Waals surface area contributed by atoms with Gasteiger partial charge < -0.3 is 10.6 Å². The number of nitrogens with zero attached hydrogens (tertiary/aromatic N) is 2. The summed E-state index contributed by atoms with van der Waals surface area (Å²) in [6.07, 6.45) is 4.44. The van der Waals surface area contributed by atoms with Crippen molar-refractivity contribution in [1.29, 1.82) is 0 Å². The third-order valence-electron chi connectivity index (χ3n) is 3.93. The van der Waals surface area contributed by atoms with Gasteiger partial charge in [0, 0.05) is 24.5 Å². The summed E-state index contributed by atoms with van der Waals surface area (Å²) in [5.74, 6) is 0. The van der Waals surface area contributed by atoms with E-state index in [0.717, 1.165) is 6.54 Å². The molecule has 0 saturated heterocycles. The Labute approximate surface area is 120 Å². The smallest absolute Gasteiger partial charge is 0.0626 e. The lowest BCUT2D eigenvalue weighted by Crippen LogP contribution is -2.26. The number of anilines is 1. The first kappa shape index (κ1) is 13.1. The van der Waals surface area contributed by atoms with Gasteiger partial charge in [-0.05, 0) is 49.1 Å².